The maximum absolute atomic E-state index is 12.6. The van der Waals surface area contributed by atoms with Crippen molar-refractivity contribution < 1.29 is 14.3 Å². The third kappa shape index (κ3) is 4.41. The van der Waals surface area contributed by atoms with Crippen LogP contribution in [-0.4, -0.2) is 36.4 Å². The summed E-state index contributed by atoms with van der Waals surface area (Å²) in [5, 5.41) is 12.5. The smallest absolute Gasteiger partial charge is 0.264 e. The van der Waals surface area contributed by atoms with Gasteiger partial charge in [0.05, 0.1) is 10.4 Å². The van der Waals surface area contributed by atoms with Gasteiger partial charge in [0.1, 0.15) is 16.8 Å². The molecule has 0 aliphatic rings. The summed E-state index contributed by atoms with van der Waals surface area (Å²) in [4.78, 5) is 26.9. The van der Waals surface area contributed by atoms with Gasteiger partial charge in [-0.15, -0.1) is 11.3 Å². The largest absolute Gasteiger partial charge is 0.484 e. The second-order valence-corrected chi connectivity index (χ2v) is 6.52. The number of amides is 2. The number of hydrogen-bond acceptors (Lipinski definition) is 5. The normalized spacial score (nSPS) is 10.1. The average Bonchev–Trinajstić information content (AvgIpc) is 2.97. The fraction of sp³-hybridized carbons (Fsp3) is 0.316. The second kappa shape index (κ2) is 9.02. The van der Waals surface area contributed by atoms with Crippen LogP contribution in [0.4, 0.5) is 5.00 Å². The first kappa shape index (κ1) is 19.5. The number of benzene rings is 1. The summed E-state index contributed by atoms with van der Waals surface area (Å²) in [7, 11) is 0. The molecule has 2 aromatic rings. The molecular formula is C19H21N3O3S. The first-order chi connectivity index (χ1) is 12.5. The highest BCUT2D eigenvalue weighted by Crippen LogP contribution is 2.33. The molecule has 1 heterocycles. The Bertz CT molecular complexity index is 821. The van der Waals surface area contributed by atoms with Gasteiger partial charge in [0.25, 0.3) is 11.8 Å². The van der Waals surface area contributed by atoms with Crippen LogP contribution >= 0.6 is 11.3 Å². The van der Waals surface area contributed by atoms with Gasteiger partial charge >= 0.3 is 0 Å². The minimum Gasteiger partial charge on any atom is -0.484 e. The van der Waals surface area contributed by atoms with Crippen molar-refractivity contribution in [1.82, 2.24) is 4.90 Å². The zero-order valence-corrected chi connectivity index (χ0v) is 15.9. The first-order valence-corrected chi connectivity index (χ1v) is 9.13. The zero-order valence-electron chi connectivity index (χ0n) is 15.0. The fourth-order valence-corrected chi connectivity index (χ4v) is 3.56. The van der Waals surface area contributed by atoms with Gasteiger partial charge in [0, 0.05) is 13.1 Å². The highest BCUT2D eigenvalue weighted by Gasteiger charge is 2.24. The summed E-state index contributed by atoms with van der Waals surface area (Å²) in [5.41, 5.74) is 0.909. The maximum Gasteiger partial charge on any atom is 0.264 e. The third-order valence-electron chi connectivity index (χ3n) is 3.87. The number of anilines is 1. The van der Waals surface area contributed by atoms with Crippen molar-refractivity contribution >= 4 is 28.2 Å². The Kier molecular flexibility index (Phi) is 6.75. The van der Waals surface area contributed by atoms with Gasteiger partial charge < -0.3 is 15.0 Å². The summed E-state index contributed by atoms with van der Waals surface area (Å²) in [6, 6.07) is 11.1. The number of thiophene rings is 1. The molecule has 0 unspecified atom stereocenters. The Hall–Kier alpha value is -2.85. The molecule has 0 fully saturated rings. The summed E-state index contributed by atoms with van der Waals surface area (Å²) < 4.78 is 5.41. The van der Waals surface area contributed by atoms with E-state index >= 15 is 0 Å². The van der Waals surface area contributed by atoms with E-state index in [1.807, 2.05) is 32.0 Å². The first-order valence-electron chi connectivity index (χ1n) is 8.32. The lowest BCUT2D eigenvalue weighted by molar-refractivity contribution is -0.118. The van der Waals surface area contributed by atoms with Crippen LogP contribution in [-0.2, 0) is 4.79 Å². The molecule has 0 bridgehead atoms. The number of nitrogens with one attached hydrogen (secondary N) is 1. The molecule has 0 aliphatic heterocycles. The molecule has 0 atom stereocenters. The zero-order chi connectivity index (χ0) is 19.1. The SMILES string of the molecule is CCN(CC)C(=O)c1sc(NC(=O)COc2ccccc2)c(C#N)c1C. The van der Waals surface area contributed by atoms with Gasteiger partial charge in [0.2, 0.25) is 0 Å². The van der Waals surface area contributed by atoms with E-state index in [4.69, 9.17) is 4.74 Å². The summed E-state index contributed by atoms with van der Waals surface area (Å²) in [5.74, 6) is 0.0754. The molecule has 0 saturated heterocycles. The fourth-order valence-electron chi connectivity index (χ4n) is 2.42. The van der Waals surface area contributed by atoms with E-state index in [2.05, 4.69) is 11.4 Å². The van der Waals surface area contributed by atoms with Crippen molar-refractivity contribution in [2.24, 2.45) is 0 Å². The number of carbonyl (C=O) groups excluding carboxylic acids is 2. The Balaban J connectivity index is 2.14. The molecule has 26 heavy (non-hydrogen) atoms. The van der Waals surface area contributed by atoms with Crippen LogP contribution in [0.1, 0.15) is 34.6 Å². The van der Waals surface area contributed by atoms with E-state index in [9.17, 15) is 14.9 Å². The number of ether oxygens (including phenoxy) is 1. The van der Waals surface area contributed by atoms with Gasteiger partial charge in [-0.3, -0.25) is 9.59 Å². The standard InChI is InChI=1S/C19H21N3O3S/c1-4-22(5-2)19(24)17-13(3)15(11-20)18(26-17)21-16(23)12-25-14-9-7-6-8-10-14/h6-10H,4-5,12H2,1-3H3,(H,21,23). The molecule has 1 aromatic carbocycles. The van der Waals surface area contributed by atoms with Crippen molar-refractivity contribution in [3.8, 4) is 11.8 Å². The summed E-state index contributed by atoms with van der Waals surface area (Å²) >= 11 is 1.13. The lowest BCUT2D eigenvalue weighted by Crippen LogP contribution is -2.30. The Morgan fingerprint density at radius 2 is 1.88 bits per heavy atom. The van der Waals surface area contributed by atoms with Crippen molar-refractivity contribution in [2.75, 3.05) is 25.0 Å². The van der Waals surface area contributed by atoms with Gasteiger partial charge in [-0.05, 0) is 38.5 Å². The molecule has 0 saturated carbocycles. The third-order valence-corrected chi connectivity index (χ3v) is 5.06. The van der Waals surface area contributed by atoms with Crippen LogP contribution in [0.15, 0.2) is 30.3 Å². The second-order valence-electron chi connectivity index (χ2n) is 5.50. The van der Waals surface area contributed by atoms with Gasteiger partial charge in [-0.2, -0.15) is 5.26 Å². The molecule has 0 radical (unpaired) electrons. The monoisotopic (exact) mass is 371 g/mol. The average molecular weight is 371 g/mol. The minimum absolute atomic E-state index is 0.130. The topological polar surface area (TPSA) is 82.4 Å². The lowest BCUT2D eigenvalue weighted by atomic mass is 10.1. The van der Waals surface area contributed by atoms with Gasteiger partial charge in [0.15, 0.2) is 6.61 Å². The molecule has 7 heteroatoms. The number of nitriles is 1. The van der Waals surface area contributed by atoms with Crippen molar-refractivity contribution in [2.45, 2.75) is 20.8 Å². The molecule has 1 N–H and O–H groups in total. The van der Waals surface area contributed by atoms with Crippen LogP contribution in [0.25, 0.3) is 0 Å². The quantitative estimate of drug-likeness (QED) is 0.808. The number of para-hydroxylation sites is 1. The lowest BCUT2D eigenvalue weighted by Gasteiger charge is -2.17. The highest BCUT2D eigenvalue weighted by atomic mass is 32.1. The van der Waals surface area contributed by atoms with E-state index in [1.54, 1.807) is 24.0 Å². The van der Waals surface area contributed by atoms with Crippen molar-refractivity contribution in [3.05, 3.63) is 46.3 Å². The summed E-state index contributed by atoms with van der Waals surface area (Å²) in [6.07, 6.45) is 0. The van der Waals surface area contributed by atoms with Crippen LogP contribution in [0.3, 0.4) is 0 Å². The van der Waals surface area contributed by atoms with Gasteiger partial charge in [-0.25, -0.2) is 0 Å². The van der Waals surface area contributed by atoms with Crippen LogP contribution < -0.4 is 10.1 Å². The highest BCUT2D eigenvalue weighted by molar-refractivity contribution is 7.18. The van der Waals surface area contributed by atoms with Crippen LogP contribution in [0.5, 0.6) is 5.75 Å². The number of carbonyl (C=O) groups is 2. The molecule has 0 aliphatic carbocycles. The molecule has 6 nitrogen and oxygen atoms in total. The Morgan fingerprint density at radius 3 is 2.46 bits per heavy atom. The van der Waals surface area contributed by atoms with Crippen LogP contribution in [0.2, 0.25) is 0 Å². The molecule has 1 aromatic heterocycles. The molecule has 0 spiro atoms. The predicted octanol–water partition coefficient (Wildman–Crippen LogP) is 3.43. The number of nitrogens with zero attached hydrogens (tertiary/aromatic N) is 2. The molecule has 2 rings (SSSR count). The van der Waals surface area contributed by atoms with Crippen LogP contribution in [0, 0.1) is 18.3 Å². The summed E-state index contributed by atoms with van der Waals surface area (Å²) in [6.45, 7) is 6.52. The van der Waals surface area contributed by atoms with E-state index in [-0.39, 0.29) is 18.4 Å². The number of hydrogen-bond donors (Lipinski definition) is 1. The Labute approximate surface area is 157 Å². The predicted molar refractivity (Wildman–Crippen MR) is 102 cm³/mol. The minimum atomic E-state index is -0.381. The van der Waals surface area contributed by atoms with E-state index < -0.39 is 0 Å². The maximum atomic E-state index is 12.6. The molecule has 136 valence electrons. The van der Waals surface area contributed by atoms with Gasteiger partial charge in [-0.1, -0.05) is 18.2 Å². The van der Waals surface area contributed by atoms with Crippen molar-refractivity contribution in [3.63, 3.8) is 0 Å². The van der Waals surface area contributed by atoms with Crippen molar-refractivity contribution in [1.29, 1.82) is 5.26 Å². The Morgan fingerprint density at radius 1 is 1.23 bits per heavy atom. The van der Waals surface area contributed by atoms with E-state index in [0.29, 0.717) is 39.8 Å². The molecule has 2 amide bonds. The number of rotatable bonds is 7. The van der Waals surface area contributed by atoms with E-state index in [1.165, 1.54) is 0 Å². The van der Waals surface area contributed by atoms with E-state index in [0.717, 1.165) is 11.3 Å². The molecular weight excluding hydrogens is 350 g/mol.